The summed E-state index contributed by atoms with van der Waals surface area (Å²) in [5.41, 5.74) is -1.32. The number of ether oxygens (including phenoxy) is 2. The summed E-state index contributed by atoms with van der Waals surface area (Å²) in [5, 5.41) is 21.7. The number of non-ortho nitro benzene ring substituents is 1. The molecule has 0 aromatic heterocycles. The first-order valence-electron chi connectivity index (χ1n) is 11.7. The molecule has 1 aliphatic rings. The molecule has 0 atom stereocenters. The molecular weight excluding hydrogens is 571 g/mol. The van der Waals surface area contributed by atoms with E-state index in [0.717, 1.165) is 11.0 Å². The molecule has 1 saturated heterocycles. The number of nitro groups is 2. The van der Waals surface area contributed by atoms with E-state index in [1.807, 2.05) is 0 Å². The molecule has 0 bridgehead atoms. The van der Waals surface area contributed by atoms with Crippen molar-refractivity contribution in [2.24, 2.45) is 0 Å². The van der Waals surface area contributed by atoms with Gasteiger partial charge in [-0.05, 0) is 60.2 Å². The fourth-order valence-corrected chi connectivity index (χ4v) is 4.54. The van der Waals surface area contributed by atoms with E-state index in [-0.39, 0.29) is 35.2 Å². The number of halogens is 3. The van der Waals surface area contributed by atoms with Crippen molar-refractivity contribution < 1.29 is 42.1 Å². The Hall–Kier alpha value is -4.92. The molecule has 1 aliphatic heterocycles. The van der Waals surface area contributed by atoms with Crippen LogP contribution in [-0.4, -0.2) is 32.5 Å². The van der Waals surface area contributed by atoms with Crippen molar-refractivity contribution in [2.75, 3.05) is 6.61 Å². The number of hydrogen-bond acceptors (Lipinski definition) is 9. The monoisotopic (exact) mass is 589 g/mol. The lowest BCUT2D eigenvalue weighted by molar-refractivity contribution is -0.385. The van der Waals surface area contributed by atoms with Gasteiger partial charge in [0, 0.05) is 18.2 Å². The van der Waals surface area contributed by atoms with Gasteiger partial charge in [0.2, 0.25) is 5.75 Å². The summed E-state index contributed by atoms with van der Waals surface area (Å²) in [4.78, 5) is 47.2. The summed E-state index contributed by atoms with van der Waals surface area (Å²) < 4.78 is 50.2. The van der Waals surface area contributed by atoms with Crippen LogP contribution in [0.5, 0.6) is 17.2 Å². The third kappa shape index (κ3) is 6.63. The molecule has 0 aliphatic carbocycles. The van der Waals surface area contributed by atoms with Crippen LogP contribution < -0.4 is 9.47 Å². The fourth-order valence-electron chi connectivity index (χ4n) is 3.70. The number of alkyl halides is 3. The molecule has 0 unspecified atom stereocenters. The van der Waals surface area contributed by atoms with Gasteiger partial charge < -0.3 is 9.47 Å². The molecule has 11 nitrogen and oxygen atoms in total. The quantitative estimate of drug-likeness (QED) is 0.147. The number of benzene rings is 3. The van der Waals surface area contributed by atoms with Crippen LogP contribution in [0.2, 0.25) is 0 Å². The van der Waals surface area contributed by atoms with E-state index in [0.29, 0.717) is 35.0 Å². The van der Waals surface area contributed by atoms with E-state index in [1.165, 1.54) is 48.5 Å². The summed E-state index contributed by atoms with van der Waals surface area (Å²) in [7, 11) is 0. The molecule has 4 rings (SSSR count). The first kappa shape index (κ1) is 29.1. The number of nitrogens with zero attached hydrogens (tertiary/aromatic N) is 3. The van der Waals surface area contributed by atoms with E-state index in [1.54, 1.807) is 6.92 Å². The number of thioether (sulfide) groups is 1. The van der Waals surface area contributed by atoms with Crippen molar-refractivity contribution in [1.29, 1.82) is 0 Å². The van der Waals surface area contributed by atoms with Gasteiger partial charge in [-0.3, -0.25) is 34.7 Å². The molecule has 3 aromatic carbocycles. The van der Waals surface area contributed by atoms with Crippen LogP contribution in [0.4, 0.5) is 29.3 Å². The Labute approximate surface area is 233 Å². The van der Waals surface area contributed by atoms with Crippen LogP contribution in [0.15, 0.2) is 65.6 Å². The average molecular weight is 590 g/mol. The van der Waals surface area contributed by atoms with Crippen LogP contribution in [0.25, 0.3) is 6.08 Å². The first-order valence-corrected chi connectivity index (χ1v) is 12.5. The van der Waals surface area contributed by atoms with E-state index < -0.39 is 44.2 Å². The third-order valence-corrected chi connectivity index (χ3v) is 6.54. The maximum atomic E-state index is 13.0. The maximum absolute atomic E-state index is 13.0. The summed E-state index contributed by atoms with van der Waals surface area (Å²) in [6, 6.07) is 11.6. The Morgan fingerprint density at radius 3 is 2.22 bits per heavy atom. The molecule has 2 amide bonds. The van der Waals surface area contributed by atoms with Gasteiger partial charge in [0.1, 0.15) is 0 Å². The summed E-state index contributed by atoms with van der Waals surface area (Å²) in [6.07, 6.45) is -3.36. The van der Waals surface area contributed by atoms with Gasteiger partial charge >= 0.3 is 11.9 Å². The fraction of sp³-hybridized carbons (Fsp3) is 0.154. The van der Waals surface area contributed by atoms with Crippen LogP contribution in [-0.2, 0) is 17.5 Å². The highest BCUT2D eigenvalue weighted by Crippen LogP contribution is 2.41. The number of imide groups is 1. The normalized spacial score (nSPS) is 14.4. The lowest BCUT2D eigenvalue weighted by atomic mass is 10.1. The second-order valence-electron chi connectivity index (χ2n) is 8.37. The number of amides is 2. The standard InChI is InChI=1S/C26H18F3N3O8S/c1-2-39-22-11-16(5-9-21(22)40-20-10-6-17(26(27,28)29)13-19(20)32(37)38)12-23-24(33)30(25(34)41-23)14-15-3-7-18(8-4-15)31(35)36/h3-13H,2,14H2,1H3. The number of nitro benzene ring substituents is 2. The minimum Gasteiger partial charge on any atom is -0.490 e. The molecule has 3 aromatic rings. The Morgan fingerprint density at radius 2 is 1.61 bits per heavy atom. The van der Waals surface area contributed by atoms with Gasteiger partial charge in [-0.2, -0.15) is 13.2 Å². The smallest absolute Gasteiger partial charge is 0.416 e. The second-order valence-corrected chi connectivity index (χ2v) is 9.36. The van der Waals surface area contributed by atoms with Crippen LogP contribution in [0, 0.1) is 20.2 Å². The Bertz CT molecular complexity index is 1580. The van der Waals surface area contributed by atoms with Crippen molar-refractivity contribution in [3.63, 3.8) is 0 Å². The van der Waals surface area contributed by atoms with Gasteiger partial charge in [-0.1, -0.05) is 18.2 Å². The van der Waals surface area contributed by atoms with Crippen molar-refractivity contribution in [3.8, 4) is 17.2 Å². The van der Waals surface area contributed by atoms with Gasteiger partial charge in [0.15, 0.2) is 11.5 Å². The molecule has 0 spiro atoms. The van der Waals surface area contributed by atoms with Crippen molar-refractivity contribution in [2.45, 2.75) is 19.6 Å². The number of rotatable bonds is 9. The van der Waals surface area contributed by atoms with E-state index in [9.17, 15) is 43.0 Å². The molecular formula is C26H18F3N3O8S. The number of hydrogen-bond donors (Lipinski definition) is 0. The van der Waals surface area contributed by atoms with E-state index in [2.05, 4.69) is 0 Å². The van der Waals surface area contributed by atoms with E-state index >= 15 is 0 Å². The van der Waals surface area contributed by atoms with Gasteiger partial charge in [-0.15, -0.1) is 0 Å². The average Bonchev–Trinajstić information content (AvgIpc) is 3.17. The summed E-state index contributed by atoms with van der Waals surface area (Å²) in [5.74, 6) is -0.972. The van der Waals surface area contributed by atoms with Gasteiger partial charge in [-0.25, -0.2) is 0 Å². The topological polar surface area (TPSA) is 142 Å². The van der Waals surface area contributed by atoms with Crippen molar-refractivity contribution in [3.05, 3.63) is 102 Å². The highest BCUT2D eigenvalue weighted by Gasteiger charge is 2.35. The number of carbonyl (C=O) groups excluding carboxylic acids is 2. The van der Waals surface area contributed by atoms with Crippen LogP contribution >= 0.6 is 11.8 Å². The molecule has 0 saturated carbocycles. The zero-order chi connectivity index (χ0) is 29.9. The predicted octanol–water partition coefficient (Wildman–Crippen LogP) is 6.95. The Balaban J connectivity index is 1.57. The van der Waals surface area contributed by atoms with Gasteiger partial charge in [0.25, 0.3) is 16.8 Å². The SMILES string of the molecule is CCOc1cc(C=C2SC(=O)N(Cc3ccc([N+](=O)[O-])cc3)C2=O)ccc1Oc1ccc(C(F)(F)F)cc1[N+](=O)[O-]. The van der Waals surface area contributed by atoms with Crippen molar-refractivity contribution in [1.82, 2.24) is 4.90 Å². The molecule has 41 heavy (non-hydrogen) atoms. The lowest BCUT2D eigenvalue weighted by Crippen LogP contribution is -2.27. The lowest BCUT2D eigenvalue weighted by Gasteiger charge is -2.14. The molecule has 212 valence electrons. The van der Waals surface area contributed by atoms with Crippen molar-refractivity contribution >= 4 is 40.4 Å². The third-order valence-electron chi connectivity index (χ3n) is 5.63. The highest BCUT2D eigenvalue weighted by atomic mass is 32.2. The molecule has 0 N–H and O–H groups in total. The second kappa shape index (κ2) is 11.7. The molecule has 15 heteroatoms. The molecule has 1 fully saturated rings. The zero-order valence-corrected chi connectivity index (χ0v) is 21.7. The summed E-state index contributed by atoms with van der Waals surface area (Å²) >= 11 is 0.690. The maximum Gasteiger partial charge on any atom is 0.416 e. The minimum atomic E-state index is -4.79. The summed E-state index contributed by atoms with van der Waals surface area (Å²) in [6.45, 7) is 1.70. The molecule has 0 radical (unpaired) electrons. The highest BCUT2D eigenvalue weighted by molar-refractivity contribution is 8.18. The molecule has 1 heterocycles. The first-order chi connectivity index (χ1) is 19.4. The number of carbonyl (C=O) groups is 2. The predicted molar refractivity (Wildman–Crippen MR) is 140 cm³/mol. The minimum absolute atomic E-state index is 0.0295. The zero-order valence-electron chi connectivity index (χ0n) is 20.9. The largest absolute Gasteiger partial charge is 0.490 e. The van der Waals surface area contributed by atoms with Gasteiger partial charge in [0.05, 0.1) is 33.5 Å². The Kier molecular flexibility index (Phi) is 8.28. The van der Waals surface area contributed by atoms with Crippen LogP contribution in [0.3, 0.4) is 0 Å². The van der Waals surface area contributed by atoms with Crippen LogP contribution in [0.1, 0.15) is 23.6 Å². The van der Waals surface area contributed by atoms with E-state index in [4.69, 9.17) is 9.47 Å². The Morgan fingerprint density at radius 1 is 0.927 bits per heavy atom.